The van der Waals surface area contributed by atoms with Crippen molar-refractivity contribution in [3.63, 3.8) is 0 Å². The highest BCUT2D eigenvalue weighted by Crippen LogP contribution is 2.18. The number of aryl methyl sites for hydroxylation is 1. The van der Waals surface area contributed by atoms with Gasteiger partial charge in [0.25, 0.3) is 0 Å². The Hall–Kier alpha value is -1.67. The summed E-state index contributed by atoms with van der Waals surface area (Å²) in [5.74, 6) is 0.608. The molecule has 0 bridgehead atoms. The molecule has 0 spiro atoms. The predicted molar refractivity (Wildman–Crippen MR) is 75.0 cm³/mol. The number of nitrogens with zero attached hydrogens (tertiary/aromatic N) is 4. The Morgan fingerprint density at radius 2 is 2.00 bits per heavy atom. The second-order valence-electron chi connectivity index (χ2n) is 5.22. The fourth-order valence-corrected chi connectivity index (χ4v) is 2.42. The van der Waals surface area contributed by atoms with Gasteiger partial charge >= 0.3 is 0 Å². The number of nitrogens with one attached hydrogen (secondary N) is 1. The minimum absolute atomic E-state index is 0.456. The Morgan fingerprint density at radius 3 is 2.63 bits per heavy atom. The van der Waals surface area contributed by atoms with Crippen LogP contribution in [0, 0.1) is 25.2 Å². The summed E-state index contributed by atoms with van der Waals surface area (Å²) in [7, 11) is 0. The van der Waals surface area contributed by atoms with E-state index in [1.807, 2.05) is 13.8 Å². The summed E-state index contributed by atoms with van der Waals surface area (Å²) in [6, 6.07) is 2.68. The molecule has 1 aliphatic heterocycles. The molecule has 1 N–H and O–H groups in total. The molecule has 2 rings (SSSR count). The minimum atomic E-state index is 0.456. The highest BCUT2D eigenvalue weighted by atomic mass is 15.2. The molecular weight excluding hydrogens is 238 g/mol. The van der Waals surface area contributed by atoms with Crippen molar-refractivity contribution < 1.29 is 0 Å². The second-order valence-corrected chi connectivity index (χ2v) is 5.22. The van der Waals surface area contributed by atoms with E-state index >= 15 is 0 Å². The van der Waals surface area contributed by atoms with Gasteiger partial charge in [-0.1, -0.05) is 0 Å². The molecule has 5 heteroatoms. The first-order valence-corrected chi connectivity index (χ1v) is 6.85. The van der Waals surface area contributed by atoms with Crippen LogP contribution in [0.3, 0.4) is 0 Å². The predicted octanol–water partition coefficient (Wildman–Crippen LogP) is 1.86. The Morgan fingerprint density at radius 1 is 1.32 bits per heavy atom. The second kappa shape index (κ2) is 5.98. The van der Waals surface area contributed by atoms with E-state index in [-0.39, 0.29) is 0 Å². The van der Waals surface area contributed by atoms with Gasteiger partial charge in [-0.2, -0.15) is 10.4 Å². The van der Waals surface area contributed by atoms with Crippen molar-refractivity contribution in [2.75, 3.05) is 25.0 Å². The van der Waals surface area contributed by atoms with E-state index in [0.29, 0.717) is 17.4 Å². The maximum absolute atomic E-state index is 9.23. The van der Waals surface area contributed by atoms with Gasteiger partial charge in [0, 0.05) is 12.6 Å². The van der Waals surface area contributed by atoms with Gasteiger partial charge in [0.05, 0.1) is 5.69 Å². The van der Waals surface area contributed by atoms with Gasteiger partial charge in [0.15, 0.2) is 5.82 Å². The zero-order valence-electron chi connectivity index (χ0n) is 11.9. The van der Waals surface area contributed by atoms with Gasteiger partial charge in [-0.15, -0.1) is 5.10 Å². The lowest BCUT2D eigenvalue weighted by molar-refractivity contribution is 0.269. The number of nitriles is 1. The van der Waals surface area contributed by atoms with Gasteiger partial charge in [0.2, 0.25) is 0 Å². The molecule has 0 aromatic carbocycles. The molecule has 1 fully saturated rings. The molecule has 1 aliphatic rings. The third kappa shape index (κ3) is 3.02. The van der Waals surface area contributed by atoms with Crippen LogP contribution in [0.5, 0.6) is 0 Å². The molecule has 1 aromatic heterocycles. The van der Waals surface area contributed by atoms with E-state index < -0.39 is 0 Å². The SMILES string of the molecule is Cc1nnc(NCC(C)N2CCCC2)c(C#N)c1C. The molecule has 0 amide bonds. The maximum atomic E-state index is 9.23. The van der Waals surface area contributed by atoms with Crippen molar-refractivity contribution in [1.82, 2.24) is 15.1 Å². The van der Waals surface area contributed by atoms with E-state index in [1.54, 1.807) is 0 Å². The third-order valence-corrected chi connectivity index (χ3v) is 3.90. The molecule has 1 saturated heterocycles. The molecule has 0 aliphatic carbocycles. The van der Waals surface area contributed by atoms with Crippen LogP contribution in [0.15, 0.2) is 0 Å². The van der Waals surface area contributed by atoms with Crippen LogP contribution in [0.2, 0.25) is 0 Å². The fourth-order valence-electron chi connectivity index (χ4n) is 2.42. The molecule has 1 unspecified atom stereocenters. The first-order valence-electron chi connectivity index (χ1n) is 6.85. The first kappa shape index (κ1) is 13.8. The summed E-state index contributed by atoms with van der Waals surface area (Å²) in [5.41, 5.74) is 2.34. The number of anilines is 1. The first-order chi connectivity index (χ1) is 9.13. The molecule has 0 saturated carbocycles. The zero-order valence-corrected chi connectivity index (χ0v) is 11.9. The standard InChI is InChI=1S/C14H21N5/c1-10(19-6-4-5-7-19)9-16-14-13(8-15)11(2)12(3)17-18-14/h10H,4-7,9H2,1-3H3,(H,16,18). The van der Waals surface area contributed by atoms with Crippen molar-refractivity contribution >= 4 is 5.82 Å². The largest absolute Gasteiger partial charge is 0.366 e. The Labute approximate surface area is 114 Å². The van der Waals surface area contributed by atoms with E-state index in [9.17, 15) is 5.26 Å². The fraction of sp³-hybridized carbons (Fsp3) is 0.643. The number of rotatable bonds is 4. The van der Waals surface area contributed by atoms with Crippen LogP contribution in [0.1, 0.15) is 36.6 Å². The number of hydrogen-bond acceptors (Lipinski definition) is 5. The maximum Gasteiger partial charge on any atom is 0.166 e. The van der Waals surface area contributed by atoms with E-state index in [2.05, 4.69) is 33.4 Å². The summed E-state index contributed by atoms with van der Waals surface area (Å²) >= 11 is 0. The van der Waals surface area contributed by atoms with Gasteiger partial charge in [-0.05, 0) is 52.3 Å². The van der Waals surface area contributed by atoms with Gasteiger partial charge < -0.3 is 5.32 Å². The molecule has 1 atom stereocenters. The van der Waals surface area contributed by atoms with Crippen LogP contribution in [0.25, 0.3) is 0 Å². The van der Waals surface area contributed by atoms with Crippen molar-refractivity contribution in [3.8, 4) is 6.07 Å². The molecular formula is C14H21N5. The lowest BCUT2D eigenvalue weighted by atomic mass is 10.1. The zero-order chi connectivity index (χ0) is 13.8. The molecule has 2 heterocycles. The quantitative estimate of drug-likeness (QED) is 0.894. The highest BCUT2D eigenvalue weighted by molar-refractivity contribution is 5.55. The average Bonchev–Trinajstić information content (AvgIpc) is 2.94. The third-order valence-electron chi connectivity index (χ3n) is 3.90. The minimum Gasteiger partial charge on any atom is -0.366 e. The summed E-state index contributed by atoms with van der Waals surface area (Å²) in [6.45, 7) is 9.14. The molecule has 19 heavy (non-hydrogen) atoms. The number of hydrogen-bond donors (Lipinski definition) is 1. The highest BCUT2D eigenvalue weighted by Gasteiger charge is 2.18. The Bertz CT molecular complexity index is 485. The average molecular weight is 259 g/mol. The Kier molecular flexibility index (Phi) is 4.33. The van der Waals surface area contributed by atoms with Gasteiger partial charge in [0.1, 0.15) is 11.6 Å². The Balaban J connectivity index is 2.03. The monoisotopic (exact) mass is 259 g/mol. The van der Waals surface area contributed by atoms with E-state index in [0.717, 1.165) is 17.8 Å². The van der Waals surface area contributed by atoms with E-state index in [1.165, 1.54) is 25.9 Å². The molecule has 5 nitrogen and oxygen atoms in total. The topological polar surface area (TPSA) is 64.8 Å². The van der Waals surface area contributed by atoms with Crippen LogP contribution in [0.4, 0.5) is 5.82 Å². The normalized spacial score (nSPS) is 17.2. The van der Waals surface area contributed by atoms with Gasteiger partial charge in [-0.25, -0.2) is 0 Å². The van der Waals surface area contributed by atoms with Crippen molar-refractivity contribution in [3.05, 3.63) is 16.8 Å². The summed E-state index contributed by atoms with van der Waals surface area (Å²) < 4.78 is 0. The van der Waals surface area contributed by atoms with Crippen LogP contribution in [-0.2, 0) is 0 Å². The summed E-state index contributed by atoms with van der Waals surface area (Å²) in [5, 5.41) is 20.7. The summed E-state index contributed by atoms with van der Waals surface area (Å²) in [6.07, 6.45) is 2.58. The molecule has 102 valence electrons. The lowest BCUT2D eigenvalue weighted by Gasteiger charge is -2.24. The lowest BCUT2D eigenvalue weighted by Crippen LogP contribution is -2.35. The molecule has 0 radical (unpaired) electrons. The van der Waals surface area contributed by atoms with Crippen LogP contribution < -0.4 is 5.32 Å². The van der Waals surface area contributed by atoms with Crippen molar-refractivity contribution in [2.45, 2.75) is 39.7 Å². The number of likely N-dealkylation sites (tertiary alicyclic amines) is 1. The van der Waals surface area contributed by atoms with Crippen LogP contribution in [-0.4, -0.2) is 40.8 Å². The number of aromatic nitrogens is 2. The smallest absolute Gasteiger partial charge is 0.166 e. The van der Waals surface area contributed by atoms with Gasteiger partial charge in [-0.3, -0.25) is 4.90 Å². The van der Waals surface area contributed by atoms with Crippen LogP contribution >= 0.6 is 0 Å². The van der Waals surface area contributed by atoms with E-state index in [4.69, 9.17) is 0 Å². The molecule has 1 aromatic rings. The van der Waals surface area contributed by atoms with Crippen molar-refractivity contribution in [1.29, 1.82) is 5.26 Å². The van der Waals surface area contributed by atoms with Crippen molar-refractivity contribution in [2.24, 2.45) is 0 Å². The summed E-state index contributed by atoms with van der Waals surface area (Å²) in [4.78, 5) is 2.47.